The molecule has 1 rings (SSSR count). The summed E-state index contributed by atoms with van der Waals surface area (Å²) >= 11 is 0. The lowest BCUT2D eigenvalue weighted by Gasteiger charge is -2.32. The van der Waals surface area contributed by atoms with Gasteiger partial charge in [-0.25, -0.2) is 9.59 Å². The molecule has 31 heavy (non-hydrogen) atoms. The fourth-order valence-corrected chi connectivity index (χ4v) is 3.12. The van der Waals surface area contributed by atoms with E-state index in [2.05, 4.69) is 22.5 Å². The molecule has 9 nitrogen and oxygen atoms in total. The lowest BCUT2D eigenvalue weighted by Crippen LogP contribution is -2.50. The summed E-state index contributed by atoms with van der Waals surface area (Å²) in [5, 5.41) is 6.74. The third kappa shape index (κ3) is 12.2. The third-order valence-electron chi connectivity index (χ3n) is 4.56. The Hall–Kier alpha value is -1.46. The Morgan fingerprint density at radius 1 is 1.23 bits per heavy atom. The molecule has 0 aromatic heterocycles. The number of halogens is 1. The number of hydrogen-bond donors (Lipinski definition) is 2. The van der Waals surface area contributed by atoms with Crippen LogP contribution in [0.3, 0.4) is 0 Å². The quantitative estimate of drug-likeness (QED) is 0.285. The highest BCUT2D eigenvalue weighted by molar-refractivity contribution is 14.0. The second-order valence-electron chi connectivity index (χ2n) is 8.79. The zero-order valence-electron chi connectivity index (χ0n) is 20.2. The lowest BCUT2D eigenvalue weighted by molar-refractivity contribution is 0.0278. The van der Waals surface area contributed by atoms with Crippen LogP contribution in [0, 0.1) is 5.92 Å². The summed E-state index contributed by atoms with van der Waals surface area (Å²) in [6, 6.07) is 0.258. The highest BCUT2D eigenvalue weighted by Crippen LogP contribution is 2.12. The Morgan fingerprint density at radius 3 is 2.35 bits per heavy atom. The summed E-state index contributed by atoms with van der Waals surface area (Å²) in [4.78, 5) is 32.0. The van der Waals surface area contributed by atoms with Crippen LogP contribution in [0.15, 0.2) is 4.99 Å². The maximum Gasteiger partial charge on any atom is 0.410 e. The largest absolute Gasteiger partial charge is 0.450 e. The van der Waals surface area contributed by atoms with Crippen molar-refractivity contribution in [3.63, 3.8) is 0 Å². The van der Waals surface area contributed by atoms with Crippen molar-refractivity contribution in [1.29, 1.82) is 0 Å². The van der Waals surface area contributed by atoms with E-state index in [1.165, 1.54) is 0 Å². The highest BCUT2D eigenvalue weighted by atomic mass is 127. The minimum atomic E-state index is -0.502. The van der Waals surface area contributed by atoms with Crippen molar-refractivity contribution < 1.29 is 19.1 Å². The fourth-order valence-electron chi connectivity index (χ4n) is 3.12. The van der Waals surface area contributed by atoms with Crippen LogP contribution >= 0.6 is 24.0 Å². The van der Waals surface area contributed by atoms with Gasteiger partial charge in [-0.15, -0.1) is 24.0 Å². The van der Waals surface area contributed by atoms with Gasteiger partial charge in [0, 0.05) is 45.8 Å². The molecule has 0 spiro atoms. The van der Waals surface area contributed by atoms with Gasteiger partial charge in [0.25, 0.3) is 0 Å². The number of carbonyl (C=O) groups is 2. The minimum Gasteiger partial charge on any atom is -0.450 e. The Kier molecular flexibility index (Phi) is 13.9. The SMILES string of the molecule is CCNC(=NCC(C)CN(C)C(=O)OC(C)(C)C)NC1CCN(C(=O)OCC)CC1.I. The van der Waals surface area contributed by atoms with Crippen LogP contribution in [0.25, 0.3) is 0 Å². The van der Waals surface area contributed by atoms with Crippen LogP contribution < -0.4 is 10.6 Å². The second kappa shape index (κ2) is 14.6. The van der Waals surface area contributed by atoms with E-state index in [4.69, 9.17) is 9.47 Å². The van der Waals surface area contributed by atoms with Gasteiger partial charge < -0.3 is 29.9 Å². The monoisotopic (exact) mass is 555 g/mol. The molecule has 1 unspecified atom stereocenters. The molecule has 1 aliphatic heterocycles. The molecule has 2 amide bonds. The number of guanidine groups is 1. The number of rotatable bonds is 7. The standard InChI is InChI=1S/C21H41N5O4.HI/c1-8-22-18(24-17-10-12-26(13-11-17)20(28)29-9-2)23-14-16(3)15-25(7)19(27)30-21(4,5)6;/h16-17H,8-15H2,1-7H3,(H2,22,23,24);1H. The fraction of sp³-hybridized carbons (Fsp3) is 0.857. The zero-order valence-corrected chi connectivity index (χ0v) is 22.5. The minimum absolute atomic E-state index is 0. The van der Waals surface area contributed by atoms with Crippen molar-refractivity contribution in [2.24, 2.45) is 10.9 Å². The summed E-state index contributed by atoms with van der Waals surface area (Å²) in [5.41, 5.74) is -0.502. The second-order valence-corrected chi connectivity index (χ2v) is 8.79. The summed E-state index contributed by atoms with van der Waals surface area (Å²) in [6.45, 7) is 15.1. The molecule has 0 bridgehead atoms. The van der Waals surface area contributed by atoms with E-state index >= 15 is 0 Å². The molecule has 0 aromatic rings. The first-order chi connectivity index (χ1) is 14.1. The number of piperidine rings is 1. The van der Waals surface area contributed by atoms with Gasteiger partial charge in [0.15, 0.2) is 5.96 Å². The molecule has 182 valence electrons. The van der Waals surface area contributed by atoms with Crippen molar-refractivity contribution in [2.45, 2.75) is 66.0 Å². The van der Waals surface area contributed by atoms with Gasteiger partial charge in [-0.3, -0.25) is 4.99 Å². The molecule has 0 aromatic carbocycles. The number of aliphatic imine (C=N–C) groups is 1. The third-order valence-corrected chi connectivity index (χ3v) is 4.56. The van der Waals surface area contributed by atoms with E-state index in [0.29, 0.717) is 32.8 Å². The molecule has 1 heterocycles. The zero-order chi connectivity index (χ0) is 22.7. The van der Waals surface area contributed by atoms with E-state index in [-0.39, 0.29) is 48.1 Å². The number of carbonyl (C=O) groups excluding carboxylic acids is 2. The molecule has 1 fully saturated rings. The van der Waals surface area contributed by atoms with Crippen LogP contribution in [0.4, 0.5) is 9.59 Å². The number of ether oxygens (including phenoxy) is 2. The highest BCUT2D eigenvalue weighted by Gasteiger charge is 2.24. The number of likely N-dealkylation sites (tertiary alicyclic amines) is 1. The van der Waals surface area contributed by atoms with Crippen LogP contribution in [0.5, 0.6) is 0 Å². The predicted octanol–water partition coefficient (Wildman–Crippen LogP) is 3.28. The number of hydrogen-bond acceptors (Lipinski definition) is 5. The van der Waals surface area contributed by atoms with E-state index in [1.807, 2.05) is 34.6 Å². The first-order valence-corrected chi connectivity index (χ1v) is 11.0. The van der Waals surface area contributed by atoms with E-state index < -0.39 is 5.60 Å². The van der Waals surface area contributed by atoms with Gasteiger partial charge >= 0.3 is 12.2 Å². The summed E-state index contributed by atoms with van der Waals surface area (Å²) < 4.78 is 10.5. The van der Waals surface area contributed by atoms with Gasteiger partial charge in [-0.2, -0.15) is 0 Å². The van der Waals surface area contributed by atoms with Crippen LogP contribution in [-0.4, -0.2) is 86.0 Å². The molecule has 0 aliphatic carbocycles. The smallest absolute Gasteiger partial charge is 0.410 e. The molecule has 2 N–H and O–H groups in total. The molecule has 10 heteroatoms. The van der Waals surface area contributed by atoms with E-state index in [0.717, 1.165) is 25.3 Å². The molecular weight excluding hydrogens is 513 g/mol. The van der Waals surface area contributed by atoms with Crippen LogP contribution in [-0.2, 0) is 9.47 Å². The molecule has 1 aliphatic rings. The van der Waals surface area contributed by atoms with Gasteiger partial charge in [0.2, 0.25) is 0 Å². The normalized spacial score (nSPS) is 16.1. The first kappa shape index (κ1) is 29.5. The Morgan fingerprint density at radius 2 is 1.84 bits per heavy atom. The van der Waals surface area contributed by atoms with Gasteiger partial charge in [-0.1, -0.05) is 6.92 Å². The lowest BCUT2D eigenvalue weighted by atomic mass is 10.1. The Labute approximate surface area is 204 Å². The van der Waals surface area contributed by atoms with Crippen molar-refractivity contribution in [3.8, 4) is 0 Å². The average Bonchev–Trinajstić information content (AvgIpc) is 2.65. The van der Waals surface area contributed by atoms with E-state index in [1.54, 1.807) is 16.8 Å². The number of nitrogens with zero attached hydrogens (tertiary/aromatic N) is 3. The average molecular weight is 556 g/mol. The predicted molar refractivity (Wildman–Crippen MR) is 134 cm³/mol. The van der Waals surface area contributed by atoms with Crippen molar-refractivity contribution >= 4 is 42.1 Å². The van der Waals surface area contributed by atoms with Gasteiger partial charge in [0.05, 0.1) is 6.61 Å². The van der Waals surface area contributed by atoms with E-state index in [9.17, 15) is 9.59 Å². The molecule has 1 atom stereocenters. The Balaban J connectivity index is 0.00000900. The van der Waals surface area contributed by atoms with Crippen LogP contribution in [0.2, 0.25) is 0 Å². The summed E-state index contributed by atoms with van der Waals surface area (Å²) in [5.74, 6) is 0.947. The van der Waals surface area contributed by atoms with Gasteiger partial charge in [0.1, 0.15) is 5.60 Å². The number of nitrogens with one attached hydrogen (secondary N) is 2. The van der Waals surface area contributed by atoms with Gasteiger partial charge in [-0.05, 0) is 53.4 Å². The molecule has 0 radical (unpaired) electrons. The van der Waals surface area contributed by atoms with Crippen molar-refractivity contribution in [2.75, 3.05) is 46.4 Å². The molecule has 1 saturated heterocycles. The van der Waals surface area contributed by atoms with Crippen molar-refractivity contribution in [3.05, 3.63) is 0 Å². The molecule has 0 saturated carbocycles. The summed E-state index contributed by atoms with van der Waals surface area (Å²) in [6.07, 6.45) is 1.14. The maximum atomic E-state index is 12.1. The number of amides is 2. The van der Waals surface area contributed by atoms with Crippen LogP contribution in [0.1, 0.15) is 54.4 Å². The Bertz CT molecular complexity index is 575. The van der Waals surface area contributed by atoms with Crippen molar-refractivity contribution in [1.82, 2.24) is 20.4 Å². The first-order valence-electron chi connectivity index (χ1n) is 11.0. The topological polar surface area (TPSA) is 95.5 Å². The maximum absolute atomic E-state index is 12.1. The molecular formula is C21H42IN5O4. The summed E-state index contributed by atoms with van der Waals surface area (Å²) in [7, 11) is 1.75.